The molecule has 0 radical (unpaired) electrons. The molecule has 4 aromatic rings. The number of benzene rings is 4. The first-order valence-electron chi connectivity index (χ1n) is 10.3. The summed E-state index contributed by atoms with van der Waals surface area (Å²) in [6, 6.07) is 36.3. The van der Waals surface area contributed by atoms with Gasteiger partial charge in [-0.2, -0.15) is 0 Å². The zero-order valence-corrected chi connectivity index (χ0v) is 17.3. The molecule has 4 aromatic carbocycles. The van der Waals surface area contributed by atoms with Gasteiger partial charge in [0.1, 0.15) is 0 Å². The van der Waals surface area contributed by atoms with Gasteiger partial charge in [0.05, 0.1) is 11.4 Å². The summed E-state index contributed by atoms with van der Waals surface area (Å²) in [5.74, 6) is 0. The van der Waals surface area contributed by atoms with Gasteiger partial charge in [0, 0.05) is 11.1 Å². The van der Waals surface area contributed by atoms with Crippen LogP contribution in [-0.2, 0) is 0 Å². The fraction of sp³-hybridized carbons (Fsp3) is 0.0690. The first-order valence-corrected chi connectivity index (χ1v) is 10.3. The number of aliphatic imine (C=N–C) groups is 1. The van der Waals surface area contributed by atoms with Crippen LogP contribution in [0.3, 0.4) is 0 Å². The number of nitrogens with zero attached hydrogens (tertiary/aromatic N) is 1. The van der Waals surface area contributed by atoms with Gasteiger partial charge in [-0.05, 0) is 47.2 Å². The van der Waals surface area contributed by atoms with Crippen molar-refractivity contribution < 1.29 is 0 Å². The van der Waals surface area contributed by atoms with Gasteiger partial charge in [-0.25, -0.2) is 4.99 Å². The van der Waals surface area contributed by atoms with Crippen molar-refractivity contribution in [3.05, 3.63) is 137 Å². The predicted molar refractivity (Wildman–Crippen MR) is 127 cm³/mol. The third-order valence-electron chi connectivity index (χ3n) is 5.73. The monoisotopic (exact) mass is 385 g/mol. The quantitative estimate of drug-likeness (QED) is 0.348. The van der Waals surface area contributed by atoms with E-state index >= 15 is 0 Å². The number of allylic oxidation sites excluding steroid dienone is 1. The molecule has 0 atom stereocenters. The van der Waals surface area contributed by atoms with Crippen molar-refractivity contribution in [3.8, 4) is 0 Å². The molecular formula is C29H23N. The number of rotatable bonds is 3. The molecule has 0 bridgehead atoms. The Morgan fingerprint density at radius 1 is 0.467 bits per heavy atom. The number of hydrogen-bond donors (Lipinski definition) is 0. The summed E-state index contributed by atoms with van der Waals surface area (Å²) >= 11 is 0. The van der Waals surface area contributed by atoms with Crippen LogP contribution in [0.25, 0.3) is 11.1 Å². The smallest absolute Gasteiger partial charge is 0.0800 e. The molecule has 0 saturated carbocycles. The van der Waals surface area contributed by atoms with Crippen LogP contribution in [0.15, 0.2) is 108 Å². The van der Waals surface area contributed by atoms with E-state index in [2.05, 4.69) is 117 Å². The van der Waals surface area contributed by atoms with Gasteiger partial charge in [-0.3, -0.25) is 0 Å². The van der Waals surface area contributed by atoms with Crippen molar-refractivity contribution in [1.29, 1.82) is 0 Å². The van der Waals surface area contributed by atoms with E-state index in [4.69, 9.17) is 4.99 Å². The van der Waals surface area contributed by atoms with Gasteiger partial charge < -0.3 is 0 Å². The molecule has 0 fully saturated rings. The Balaban J connectivity index is 1.87. The average molecular weight is 386 g/mol. The molecule has 1 aliphatic carbocycles. The second-order valence-corrected chi connectivity index (χ2v) is 7.73. The van der Waals surface area contributed by atoms with Gasteiger partial charge in [0.2, 0.25) is 0 Å². The van der Waals surface area contributed by atoms with Gasteiger partial charge in [-0.1, -0.05) is 103 Å². The molecule has 0 N–H and O–H groups in total. The number of fused-ring (bicyclic) bond motifs is 1. The van der Waals surface area contributed by atoms with E-state index in [9.17, 15) is 0 Å². The normalized spacial score (nSPS) is 14.3. The summed E-state index contributed by atoms with van der Waals surface area (Å²) in [6.07, 6.45) is 0. The number of para-hydroxylation sites is 1. The second kappa shape index (κ2) is 7.61. The molecule has 0 aromatic heterocycles. The van der Waals surface area contributed by atoms with Gasteiger partial charge in [-0.15, -0.1) is 0 Å². The minimum atomic E-state index is 1.05. The lowest BCUT2D eigenvalue weighted by molar-refractivity contribution is 1.33. The van der Waals surface area contributed by atoms with Crippen molar-refractivity contribution in [3.63, 3.8) is 0 Å². The molecule has 0 aliphatic heterocycles. The van der Waals surface area contributed by atoms with E-state index in [-0.39, 0.29) is 0 Å². The Labute approximate surface area is 178 Å². The topological polar surface area (TPSA) is 12.4 Å². The zero-order valence-electron chi connectivity index (χ0n) is 17.3. The van der Waals surface area contributed by atoms with E-state index in [1.165, 1.54) is 44.5 Å². The summed E-state index contributed by atoms with van der Waals surface area (Å²) in [5.41, 5.74) is 11.8. The molecule has 1 heteroatoms. The van der Waals surface area contributed by atoms with Crippen LogP contribution < -0.4 is 0 Å². The average Bonchev–Trinajstić information content (AvgIpc) is 3.12. The standard InChI is InChI=1S/C29H23N/c1-20-12-11-13-21(2)28(20)30-29-25-19-10-9-18-24(25)26(22-14-5-3-6-15-22)27(29)23-16-7-4-8-17-23/h3-19H,1-2H3. The van der Waals surface area contributed by atoms with Crippen molar-refractivity contribution in [2.75, 3.05) is 0 Å². The summed E-state index contributed by atoms with van der Waals surface area (Å²) in [7, 11) is 0. The summed E-state index contributed by atoms with van der Waals surface area (Å²) in [5, 5.41) is 0. The molecule has 1 aliphatic rings. The van der Waals surface area contributed by atoms with Crippen LogP contribution in [0, 0.1) is 13.8 Å². The Morgan fingerprint density at radius 3 is 1.57 bits per heavy atom. The van der Waals surface area contributed by atoms with Crippen LogP contribution in [0.4, 0.5) is 5.69 Å². The molecule has 0 amide bonds. The van der Waals surface area contributed by atoms with Gasteiger partial charge in [0.25, 0.3) is 0 Å². The van der Waals surface area contributed by atoms with E-state index in [1.54, 1.807) is 0 Å². The molecule has 5 rings (SSSR count). The summed E-state index contributed by atoms with van der Waals surface area (Å²) in [6.45, 7) is 4.27. The first kappa shape index (κ1) is 18.3. The van der Waals surface area contributed by atoms with Crippen LogP contribution in [0.2, 0.25) is 0 Å². The highest BCUT2D eigenvalue weighted by Gasteiger charge is 2.29. The Kier molecular flexibility index (Phi) is 4.65. The maximum absolute atomic E-state index is 5.29. The summed E-state index contributed by atoms with van der Waals surface area (Å²) < 4.78 is 0. The van der Waals surface area contributed by atoms with E-state index in [1.807, 2.05) is 0 Å². The van der Waals surface area contributed by atoms with Gasteiger partial charge in [0.15, 0.2) is 0 Å². The largest absolute Gasteiger partial charge is 0.247 e. The number of aryl methyl sites for hydroxylation is 2. The second-order valence-electron chi connectivity index (χ2n) is 7.73. The highest BCUT2D eigenvalue weighted by molar-refractivity contribution is 6.44. The Bertz CT molecular complexity index is 1260. The maximum atomic E-state index is 5.29. The molecule has 144 valence electrons. The third kappa shape index (κ3) is 3.09. The van der Waals surface area contributed by atoms with Crippen molar-refractivity contribution in [2.24, 2.45) is 4.99 Å². The number of hydrogen-bond acceptors (Lipinski definition) is 1. The van der Waals surface area contributed by atoms with Crippen LogP contribution in [-0.4, -0.2) is 5.71 Å². The van der Waals surface area contributed by atoms with Crippen molar-refractivity contribution in [1.82, 2.24) is 0 Å². The van der Waals surface area contributed by atoms with Crippen LogP contribution in [0.1, 0.15) is 33.4 Å². The molecule has 1 nitrogen and oxygen atoms in total. The Morgan fingerprint density at radius 2 is 0.967 bits per heavy atom. The minimum Gasteiger partial charge on any atom is -0.247 e. The minimum absolute atomic E-state index is 1.05. The lowest BCUT2D eigenvalue weighted by Gasteiger charge is -2.12. The third-order valence-corrected chi connectivity index (χ3v) is 5.73. The lowest BCUT2D eigenvalue weighted by atomic mass is 9.94. The van der Waals surface area contributed by atoms with Crippen LogP contribution >= 0.6 is 0 Å². The Hall–Kier alpha value is -3.71. The van der Waals surface area contributed by atoms with Crippen molar-refractivity contribution >= 4 is 22.5 Å². The molecule has 30 heavy (non-hydrogen) atoms. The highest BCUT2D eigenvalue weighted by Crippen LogP contribution is 2.43. The van der Waals surface area contributed by atoms with E-state index < -0.39 is 0 Å². The van der Waals surface area contributed by atoms with Gasteiger partial charge >= 0.3 is 0 Å². The summed E-state index contributed by atoms with van der Waals surface area (Å²) in [4.78, 5) is 5.29. The zero-order chi connectivity index (χ0) is 20.5. The molecule has 0 heterocycles. The fourth-order valence-corrected chi connectivity index (χ4v) is 4.30. The predicted octanol–water partition coefficient (Wildman–Crippen LogP) is 7.40. The maximum Gasteiger partial charge on any atom is 0.0800 e. The first-order chi connectivity index (χ1) is 14.7. The van der Waals surface area contributed by atoms with E-state index in [0.29, 0.717) is 0 Å². The molecular weight excluding hydrogens is 362 g/mol. The van der Waals surface area contributed by atoms with Crippen LogP contribution in [0.5, 0.6) is 0 Å². The molecule has 0 saturated heterocycles. The molecule has 0 spiro atoms. The molecule has 0 unspecified atom stereocenters. The lowest BCUT2D eigenvalue weighted by Crippen LogP contribution is -2.01. The van der Waals surface area contributed by atoms with Crippen molar-refractivity contribution in [2.45, 2.75) is 13.8 Å². The van der Waals surface area contributed by atoms with E-state index in [0.717, 1.165) is 11.4 Å². The SMILES string of the molecule is Cc1cccc(C)c1N=C1C(c2ccccc2)=C(c2ccccc2)c2ccccc21. The highest BCUT2D eigenvalue weighted by atomic mass is 14.8. The fourth-order valence-electron chi connectivity index (χ4n) is 4.30.